The van der Waals surface area contributed by atoms with Crippen molar-refractivity contribution in [2.45, 2.75) is 26.3 Å². The Hall–Kier alpha value is -0.570. The van der Waals surface area contributed by atoms with Crippen LogP contribution < -0.4 is 5.32 Å². The lowest BCUT2D eigenvalue weighted by Gasteiger charge is -2.10. The Morgan fingerprint density at radius 2 is 2.33 bits per heavy atom. The lowest BCUT2D eigenvalue weighted by atomic mass is 10.3. The van der Waals surface area contributed by atoms with E-state index >= 15 is 0 Å². The Kier molecular flexibility index (Phi) is 3.09. The largest absolute Gasteiger partial charge is 0.468 e. The Morgan fingerprint density at radius 3 is 2.75 bits per heavy atom. The molecule has 0 saturated heterocycles. The van der Waals surface area contributed by atoms with Crippen LogP contribution in [-0.2, 0) is 9.53 Å². The number of hydrogen-bond donors (Lipinski definition) is 1. The molecule has 0 spiro atoms. The summed E-state index contributed by atoms with van der Waals surface area (Å²) in [5.41, 5.74) is 0. The van der Waals surface area contributed by atoms with Crippen LogP contribution in [0.15, 0.2) is 0 Å². The van der Waals surface area contributed by atoms with Gasteiger partial charge in [-0.3, -0.25) is 4.79 Å². The van der Waals surface area contributed by atoms with Crippen molar-refractivity contribution in [1.29, 1.82) is 0 Å². The van der Waals surface area contributed by atoms with Crippen LogP contribution >= 0.6 is 0 Å². The van der Waals surface area contributed by atoms with Crippen molar-refractivity contribution in [3.8, 4) is 0 Å². The van der Waals surface area contributed by atoms with Gasteiger partial charge in [0.05, 0.1) is 7.11 Å². The van der Waals surface area contributed by atoms with Crippen molar-refractivity contribution >= 4 is 5.97 Å². The molecule has 0 aromatic carbocycles. The SMILES string of the molecule is COC(=O)C(C)NCC1CC1C. The molecule has 3 nitrogen and oxygen atoms in total. The van der Waals surface area contributed by atoms with E-state index in [1.54, 1.807) is 0 Å². The molecule has 1 saturated carbocycles. The summed E-state index contributed by atoms with van der Waals surface area (Å²) in [5, 5.41) is 3.15. The molecule has 1 N–H and O–H groups in total. The van der Waals surface area contributed by atoms with Gasteiger partial charge in [0, 0.05) is 0 Å². The van der Waals surface area contributed by atoms with Crippen molar-refractivity contribution in [2.24, 2.45) is 11.8 Å². The third-order valence-corrected chi connectivity index (χ3v) is 2.52. The fourth-order valence-corrected chi connectivity index (χ4v) is 1.27. The monoisotopic (exact) mass is 171 g/mol. The second kappa shape index (κ2) is 3.90. The second-order valence-corrected chi connectivity index (χ2v) is 3.63. The predicted molar refractivity (Wildman–Crippen MR) is 46.8 cm³/mol. The smallest absolute Gasteiger partial charge is 0.322 e. The van der Waals surface area contributed by atoms with Crippen molar-refractivity contribution in [1.82, 2.24) is 5.32 Å². The molecule has 0 bridgehead atoms. The van der Waals surface area contributed by atoms with Gasteiger partial charge in [0.15, 0.2) is 0 Å². The van der Waals surface area contributed by atoms with Gasteiger partial charge < -0.3 is 10.1 Å². The van der Waals surface area contributed by atoms with E-state index < -0.39 is 0 Å². The molecule has 3 heteroatoms. The highest BCUT2D eigenvalue weighted by Gasteiger charge is 2.32. The van der Waals surface area contributed by atoms with E-state index in [2.05, 4.69) is 17.0 Å². The third-order valence-electron chi connectivity index (χ3n) is 2.52. The molecule has 12 heavy (non-hydrogen) atoms. The summed E-state index contributed by atoms with van der Waals surface area (Å²) in [6, 6.07) is -0.164. The molecule has 0 aromatic rings. The quantitative estimate of drug-likeness (QED) is 0.636. The van der Waals surface area contributed by atoms with E-state index in [-0.39, 0.29) is 12.0 Å². The van der Waals surface area contributed by atoms with Crippen molar-refractivity contribution < 1.29 is 9.53 Å². The van der Waals surface area contributed by atoms with Crippen LogP contribution in [0.1, 0.15) is 20.3 Å². The highest BCUT2D eigenvalue weighted by Crippen LogP contribution is 2.36. The molecule has 1 rings (SSSR count). The van der Waals surface area contributed by atoms with Crippen molar-refractivity contribution in [2.75, 3.05) is 13.7 Å². The van der Waals surface area contributed by atoms with E-state index in [4.69, 9.17) is 0 Å². The van der Waals surface area contributed by atoms with Crippen LogP contribution in [0.2, 0.25) is 0 Å². The number of esters is 1. The van der Waals surface area contributed by atoms with Crippen LogP contribution in [0, 0.1) is 11.8 Å². The van der Waals surface area contributed by atoms with Gasteiger partial charge in [-0.05, 0) is 31.7 Å². The average molecular weight is 171 g/mol. The highest BCUT2D eigenvalue weighted by molar-refractivity contribution is 5.75. The second-order valence-electron chi connectivity index (χ2n) is 3.63. The topological polar surface area (TPSA) is 38.3 Å². The first-order valence-electron chi connectivity index (χ1n) is 4.46. The van der Waals surface area contributed by atoms with E-state index in [9.17, 15) is 4.79 Å². The van der Waals surface area contributed by atoms with E-state index in [1.807, 2.05) is 6.92 Å². The fourth-order valence-electron chi connectivity index (χ4n) is 1.27. The van der Waals surface area contributed by atoms with Gasteiger partial charge in [-0.2, -0.15) is 0 Å². The molecular weight excluding hydrogens is 154 g/mol. The van der Waals surface area contributed by atoms with E-state index in [0.29, 0.717) is 0 Å². The number of carbonyl (C=O) groups excluding carboxylic acids is 1. The summed E-state index contributed by atoms with van der Waals surface area (Å²) in [6.07, 6.45) is 1.29. The molecule has 1 aliphatic rings. The molecule has 0 heterocycles. The third kappa shape index (κ3) is 2.48. The van der Waals surface area contributed by atoms with Gasteiger partial charge in [-0.1, -0.05) is 6.92 Å². The lowest BCUT2D eigenvalue weighted by molar-refractivity contribution is -0.142. The van der Waals surface area contributed by atoms with Gasteiger partial charge in [0.2, 0.25) is 0 Å². The molecule has 0 amide bonds. The van der Waals surface area contributed by atoms with Gasteiger partial charge in [-0.15, -0.1) is 0 Å². The molecule has 3 unspecified atom stereocenters. The van der Waals surface area contributed by atoms with Gasteiger partial charge in [0.25, 0.3) is 0 Å². The minimum atomic E-state index is -0.177. The minimum Gasteiger partial charge on any atom is -0.468 e. The number of rotatable bonds is 4. The van der Waals surface area contributed by atoms with Crippen molar-refractivity contribution in [3.05, 3.63) is 0 Å². The first kappa shape index (κ1) is 9.52. The zero-order valence-electron chi connectivity index (χ0n) is 7.96. The lowest BCUT2D eigenvalue weighted by Crippen LogP contribution is -2.36. The maximum atomic E-state index is 10.9. The zero-order chi connectivity index (χ0) is 9.14. The minimum absolute atomic E-state index is 0.164. The maximum Gasteiger partial charge on any atom is 0.322 e. The van der Waals surface area contributed by atoms with E-state index in [0.717, 1.165) is 18.4 Å². The highest BCUT2D eigenvalue weighted by atomic mass is 16.5. The Balaban J connectivity index is 2.10. The summed E-state index contributed by atoms with van der Waals surface area (Å²) < 4.78 is 4.59. The first-order valence-corrected chi connectivity index (χ1v) is 4.46. The van der Waals surface area contributed by atoms with Crippen LogP contribution in [0.4, 0.5) is 0 Å². The van der Waals surface area contributed by atoms with Crippen molar-refractivity contribution in [3.63, 3.8) is 0 Å². The Labute approximate surface area is 73.5 Å². The van der Waals surface area contributed by atoms with Crippen LogP contribution in [0.25, 0.3) is 0 Å². The molecular formula is C9H17NO2. The van der Waals surface area contributed by atoms with Crippen LogP contribution in [0.3, 0.4) is 0 Å². The summed E-state index contributed by atoms with van der Waals surface area (Å²) in [4.78, 5) is 10.9. The molecule has 3 atom stereocenters. The number of methoxy groups -OCH3 is 1. The molecule has 1 fully saturated rings. The molecule has 1 aliphatic carbocycles. The summed E-state index contributed by atoms with van der Waals surface area (Å²) in [6.45, 7) is 5.01. The van der Waals surface area contributed by atoms with Gasteiger partial charge >= 0.3 is 5.97 Å². The number of hydrogen-bond acceptors (Lipinski definition) is 3. The van der Waals surface area contributed by atoms with Crippen LogP contribution in [0.5, 0.6) is 0 Å². The standard InChI is InChI=1S/C9H17NO2/c1-6-4-8(6)5-10-7(2)9(11)12-3/h6-8,10H,4-5H2,1-3H3. The number of nitrogens with one attached hydrogen (secondary N) is 1. The predicted octanol–water partition coefficient (Wildman–Crippen LogP) is 0.793. The average Bonchev–Trinajstić information content (AvgIpc) is 2.76. The summed E-state index contributed by atoms with van der Waals surface area (Å²) >= 11 is 0. The van der Waals surface area contributed by atoms with Gasteiger partial charge in [0.1, 0.15) is 6.04 Å². The van der Waals surface area contributed by atoms with Crippen LogP contribution in [-0.4, -0.2) is 25.7 Å². The van der Waals surface area contributed by atoms with Gasteiger partial charge in [-0.25, -0.2) is 0 Å². The first-order chi connectivity index (χ1) is 5.65. The number of ether oxygens (including phenoxy) is 1. The fraction of sp³-hybridized carbons (Fsp3) is 0.889. The zero-order valence-corrected chi connectivity index (χ0v) is 7.96. The number of carbonyl (C=O) groups is 1. The summed E-state index contributed by atoms with van der Waals surface area (Å²) in [5.74, 6) is 1.43. The Morgan fingerprint density at radius 1 is 1.75 bits per heavy atom. The molecule has 0 aliphatic heterocycles. The maximum absolute atomic E-state index is 10.9. The molecule has 70 valence electrons. The summed E-state index contributed by atoms with van der Waals surface area (Å²) in [7, 11) is 1.42. The van der Waals surface area contributed by atoms with E-state index in [1.165, 1.54) is 13.5 Å². The molecule has 0 radical (unpaired) electrons. The normalized spacial score (nSPS) is 29.6. The molecule has 0 aromatic heterocycles. The Bertz CT molecular complexity index is 170.